The molecule has 4 rings (SSSR count). The number of fused-ring (bicyclic) bond motifs is 2. The van der Waals surface area contributed by atoms with E-state index in [1.165, 1.54) is 31.4 Å². The van der Waals surface area contributed by atoms with Crippen molar-refractivity contribution in [2.24, 2.45) is 0 Å². The molecule has 4 unspecified atom stereocenters. The molecule has 2 heterocycles. The van der Waals surface area contributed by atoms with Crippen molar-refractivity contribution in [3.05, 3.63) is 71.7 Å². The Morgan fingerprint density at radius 2 is 1.60 bits per heavy atom. The first-order valence-corrected chi connectivity index (χ1v) is 11.3. The van der Waals surface area contributed by atoms with Gasteiger partial charge in [-0.05, 0) is 50.7 Å². The fourth-order valence-electron chi connectivity index (χ4n) is 4.30. The fourth-order valence-corrected chi connectivity index (χ4v) is 4.30. The molecule has 0 saturated heterocycles. The van der Waals surface area contributed by atoms with E-state index in [0.29, 0.717) is 27.7 Å². The SMILES string of the molecule is CNC(C)C(F)(CO)c1ccc2cc(CNC(C)C(F)(c3ccc4ccoc4c3)C(F)F)oc2c1. The summed E-state index contributed by atoms with van der Waals surface area (Å²) in [6.45, 7) is 2.22. The van der Waals surface area contributed by atoms with Gasteiger partial charge in [0.1, 0.15) is 16.9 Å². The summed E-state index contributed by atoms with van der Waals surface area (Å²) in [7, 11) is 1.60. The smallest absolute Gasteiger partial charge is 0.277 e. The van der Waals surface area contributed by atoms with Crippen molar-refractivity contribution in [1.29, 1.82) is 0 Å². The third kappa shape index (κ3) is 4.44. The molecule has 35 heavy (non-hydrogen) atoms. The van der Waals surface area contributed by atoms with Crippen LogP contribution >= 0.6 is 0 Å². The van der Waals surface area contributed by atoms with E-state index in [-0.39, 0.29) is 17.7 Å². The van der Waals surface area contributed by atoms with Crippen LogP contribution in [0.3, 0.4) is 0 Å². The van der Waals surface area contributed by atoms with Crippen LogP contribution < -0.4 is 10.6 Å². The number of hydrogen-bond acceptors (Lipinski definition) is 5. The minimum absolute atomic E-state index is 0.0275. The maximum atomic E-state index is 15.8. The fraction of sp³-hybridized carbons (Fsp3) is 0.385. The molecular formula is C26H28F4N2O3. The number of furan rings is 2. The molecule has 0 aliphatic heterocycles. The molecule has 2 aromatic carbocycles. The Kier molecular flexibility index (Phi) is 6.95. The molecule has 5 nitrogen and oxygen atoms in total. The minimum atomic E-state index is -3.29. The molecule has 0 radical (unpaired) electrons. The molecule has 4 atom stereocenters. The van der Waals surface area contributed by atoms with Gasteiger partial charge in [-0.3, -0.25) is 0 Å². The first-order chi connectivity index (χ1) is 16.6. The van der Waals surface area contributed by atoms with E-state index in [2.05, 4.69) is 10.6 Å². The van der Waals surface area contributed by atoms with Gasteiger partial charge in [-0.25, -0.2) is 17.6 Å². The van der Waals surface area contributed by atoms with Crippen LogP contribution in [0.1, 0.15) is 30.7 Å². The molecule has 0 aliphatic rings. The van der Waals surface area contributed by atoms with Crippen molar-refractivity contribution >= 4 is 21.9 Å². The molecule has 2 aromatic heterocycles. The van der Waals surface area contributed by atoms with E-state index in [9.17, 15) is 13.9 Å². The van der Waals surface area contributed by atoms with E-state index >= 15 is 8.78 Å². The van der Waals surface area contributed by atoms with Gasteiger partial charge in [0.05, 0.1) is 19.4 Å². The van der Waals surface area contributed by atoms with Crippen molar-refractivity contribution in [2.45, 2.75) is 50.2 Å². The van der Waals surface area contributed by atoms with E-state index in [4.69, 9.17) is 8.83 Å². The Labute approximate surface area is 200 Å². The normalized spacial score (nSPS) is 17.5. The topological polar surface area (TPSA) is 70.6 Å². The molecule has 0 amide bonds. The van der Waals surface area contributed by atoms with Crippen LogP contribution in [0.2, 0.25) is 0 Å². The number of rotatable bonds is 10. The summed E-state index contributed by atoms with van der Waals surface area (Å²) < 4.78 is 70.2. The standard InChI is InChI=1S/C26H28F4N2O3/c1-15(31-3)25(29,14-33)19-6-5-18-10-21(35-23(18)11-19)13-32-16(2)26(30,24(27)28)20-7-4-17-8-9-34-22(17)12-20/h4-12,15-16,24,31-33H,13-14H2,1-3H3. The molecule has 0 spiro atoms. The number of alkyl halides is 4. The Balaban J connectivity index is 1.55. The summed E-state index contributed by atoms with van der Waals surface area (Å²) in [4.78, 5) is 0. The predicted octanol–water partition coefficient (Wildman–Crippen LogP) is 5.55. The van der Waals surface area contributed by atoms with Gasteiger partial charge in [0.25, 0.3) is 6.43 Å². The summed E-state index contributed by atoms with van der Waals surface area (Å²) in [6.07, 6.45) is -1.88. The van der Waals surface area contributed by atoms with Crippen LogP contribution in [0.5, 0.6) is 0 Å². The molecule has 4 aromatic rings. The van der Waals surface area contributed by atoms with Crippen molar-refractivity contribution in [3.63, 3.8) is 0 Å². The number of aliphatic hydroxyl groups is 1. The Bertz CT molecular complexity index is 1310. The Hall–Kier alpha value is -2.88. The van der Waals surface area contributed by atoms with E-state index in [1.807, 2.05) is 0 Å². The second-order valence-electron chi connectivity index (χ2n) is 8.84. The van der Waals surface area contributed by atoms with Crippen LogP contribution in [0, 0.1) is 0 Å². The lowest BCUT2D eigenvalue weighted by atomic mass is 9.88. The highest BCUT2D eigenvalue weighted by atomic mass is 19.3. The Morgan fingerprint density at radius 3 is 2.29 bits per heavy atom. The predicted molar refractivity (Wildman–Crippen MR) is 126 cm³/mol. The van der Waals surface area contributed by atoms with Crippen molar-refractivity contribution in [2.75, 3.05) is 13.7 Å². The third-order valence-electron chi connectivity index (χ3n) is 6.83. The van der Waals surface area contributed by atoms with Gasteiger partial charge in [0.15, 0.2) is 5.67 Å². The van der Waals surface area contributed by atoms with Crippen LogP contribution in [0.4, 0.5) is 17.6 Å². The van der Waals surface area contributed by atoms with Gasteiger partial charge in [-0.15, -0.1) is 0 Å². The zero-order chi connectivity index (χ0) is 25.4. The number of benzene rings is 2. The minimum Gasteiger partial charge on any atom is -0.464 e. The largest absolute Gasteiger partial charge is 0.464 e. The average Bonchev–Trinajstić information content (AvgIpc) is 3.50. The lowest BCUT2D eigenvalue weighted by Crippen LogP contribution is -2.48. The molecule has 0 aliphatic carbocycles. The van der Waals surface area contributed by atoms with Crippen LogP contribution in [-0.2, 0) is 17.9 Å². The summed E-state index contributed by atoms with van der Waals surface area (Å²) in [5.74, 6) is 0.372. The molecule has 0 bridgehead atoms. The van der Waals surface area contributed by atoms with Gasteiger partial charge in [0, 0.05) is 28.4 Å². The van der Waals surface area contributed by atoms with E-state index < -0.39 is 36.5 Å². The molecule has 188 valence electrons. The number of likely N-dealkylation sites (N-methyl/N-ethyl adjacent to an activating group) is 1. The summed E-state index contributed by atoms with van der Waals surface area (Å²) in [5.41, 5.74) is -4.25. The monoisotopic (exact) mass is 492 g/mol. The number of aliphatic hydroxyl groups excluding tert-OH is 1. The average molecular weight is 493 g/mol. The van der Waals surface area contributed by atoms with Gasteiger partial charge in [0.2, 0.25) is 5.67 Å². The lowest BCUT2D eigenvalue weighted by molar-refractivity contribution is -0.0609. The summed E-state index contributed by atoms with van der Waals surface area (Å²) in [5, 5.41) is 16.6. The highest BCUT2D eigenvalue weighted by Crippen LogP contribution is 2.38. The molecular weight excluding hydrogens is 464 g/mol. The first-order valence-electron chi connectivity index (χ1n) is 11.3. The van der Waals surface area contributed by atoms with Gasteiger partial charge < -0.3 is 24.6 Å². The van der Waals surface area contributed by atoms with Crippen LogP contribution in [-0.4, -0.2) is 37.3 Å². The number of hydrogen-bond donors (Lipinski definition) is 3. The summed E-state index contributed by atoms with van der Waals surface area (Å²) in [6, 6.07) is 10.3. The Morgan fingerprint density at radius 1 is 0.914 bits per heavy atom. The van der Waals surface area contributed by atoms with Crippen molar-refractivity contribution in [3.8, 4) is 0 Å². The number of nitrogens with one attached hydrogen (secondary N) is 2. The highest BCUT2D eigenvalue weighted by molar-refractivity contribution is 5.79. The molecule has 0 saturated carbocycles. The third-order valence-corrected chi connectivity index (χ3v) is 6.83. The molecule has 3 N–H and O–H groups in total. The molecule has 0 fully saturated rings. The first kappa shape index (κ1) is 25.2. The highest BCUT2D eigenvalue weighted by Gasteiger charge is 2.47. The summed E-state index contributed by atoms with van der Waals surface area (Å²) >= 11 is 0. The second kappa shape index (κ2) is 9.64. The van der Waals surface area contributed by atoms with Crippen molar-refractivity contribution < 1.29 is 31.5 Å². The van der Waals surface area contributed by atoms with Crippen LogP contribution in [0.25, 0.3) is 21.9 Å². The maximum absolute atomic E-state index is 15.8. The zero-order valence-corrected chi connectivity index (χ0v) is 19.6. The zero-order valence-electron chi connectivity index (χ0n) is 19.6. The lowest BCUT2D eigenvalue weighted by Gasteiger charge is -2.31. The van der Waals surface area contributed by atoms with Gasteiger partial charge in [-0.2, -0.15) is 0 Å². The quantitative estimate of drug-likeness (QED) is 0.253. The maximum Gasteiger partial charge on any atom is 0.277 e. The van der Waals surface area contributed by atoms with Gasteiger partial charge >= 0.3 is 0 Å². The number of halogens is 4. The van der Waals surface area contributed by atoms with Crippen molar-refractivity contribution in [1.82, 2.24) is 10.6 Å². The van der Waals surface area contributed by atoms with E-state index in [0.717, 1.165) is 0 Å². The second-order valence-corrected chi connectivity index (χ2v) is 8.84. The van der Waals surface area contributed by atoms with E-state index in [1.54, 1.807) is 44.3 Å². The van der Waals surface area contributed by atoms with Gasteiger partial charge in [-0.1, -0.05) is 24.3 Å². The van der Waals surface area contributed by atoms with Crippen LogP contribution in [0.15, 0.2) is 63.6 Å². The molecule has 9 heteroatoms.